The molecular formula is C28H42N6O6. The van der Waals surface area contributed by atoms with Crippen molar-refractivity contribution < 1.29 is 29.3 Å². The number of hydrogen-bond acceptors (Lipinski definition) is 7. The van der Waals surface area contributed by atoms with E-state index in [0.717, 1.165) is 6.42 Å². The van der Waals surface area contributed by atoms with E-state index in [1.807, 2.05) is 59.2 Å². The Morgan fingerprint density at radius 1 is 1.12 bits per heavy atom. The lowest BCUT2D eigenvalue weighted by Crippen LogP contribution is -2.55. The van der Waals surface area contributed by atoms with Gasteiger partial charge in [0.2, 0.25) is 0 Å². The standard InChI is InChI=1S/C28H42N6O6/c1-8-11-12-17(23(35)26(36)30-20-15-16-29-32-20)34(27(37)38)24(28(4,5)6)25-31-21-18(39-9-2)13-14-19(40-10-3)22(21)33(25)7/h13-17,23-24,35H,8-12H2,1-7H3,(H,37,38)(H2,29,30,32,36)/t17-,23+,24+/m0/s1. The summed E-state index contributed by atoms with van der Waals surface area (Å²) in [6, 6.07) is 3.26. The third-order valence-corrected chi connectivity index (χ3v) is 6.75. The highest BCUT2D eigenvalue weighted by Crippen LogP contribution is 2.43. The first-order chi connectivity index (χ1) is 19.0. The van der Waals surface area contributed by atoms with Crippen LogP contribution in [0.5, 0.6) is 11.5 Å². The Bertz CT molecular complexity index is 1280. The number of fused-ring (bicyclic) bond motifs is 1. The number of carbonyl (C=O) groups excluding carboxylic acids is 1. The first-order valence-electron chi connectivity index (χ1n) is 13.7. The van der Waals surface area contributed by atoms with Crippen molar-refractivity contribution >= 4 is 28.9 Å². The van der Waals surface area contributed by atoms with Gasteiger partial charge in [0.05, 0.1) is 31.5 Å². The van der Waals surface area contributed by atoms with Crippen LogP contribution in [-0.4, -0.2) is 72.2 Å². The van der Waals surface area contributed by atoms with Gasteiger partial charge in [-0.15, -0.1) is 0 Å². The molecule has 12 nitrogen and oxygen atoms in total. The van der Waals surface area contributed by atoms with Gasteiger partial charge in [-0.25, -0.2) is 9.78 Å². The smallest absolute Gasteiger partial charge is 0.408 e. The average Bonchev–Trinajstić information content (AvgIpc) is 3.52. The van der Waals surface area contributed by atoms with E-state index in [2.05, 4.69) is 15.5 Å². The lowest BCUT2D eigenvalue weighted by Gasteiger charge is -2.43. The molecule has 1 aromatic carbocycles. The second-order valence-corrected chi connectivity index (χ2v) is 10.7. The van der Waals surface area contributed by atoms with Crippen LogP contribution >= 0.6 is 0 Å². The van der Waals surface area contributed by atoms with E-state index >= 15 is 0 Å². The predicted molar refractivity (Wildman–Crippen MR) is 152 cm³/mol. The highest BCUT2D eigenvalue weighted by Gasteiger charge is 2.45. The van der Waals surface area contributed by atoms with E-state index in [4.69, 9.17) is 14.5 Å². The highest BCUT2D eigenvalue weighted by atomic mass is 16.5. The highest BCUT2D eigenvalue weighted by molar-refractivity contribution is 5.94. The van der Waals surface area contributed by atoms with Crippen molar-refractivity contribution in [2.24, 2.45) is 12.5 Å². The van der Waals surface area contributed by atoms with Crippen molar-refractivity contribution in [1.82, 2.24) is 24.6 Å². The summed E-state index contributed by atoms with van der Waals surface area (Å²) in [5.41, 5.74) is 0.535. The average molecular weight is 559 g/mol. The Balaban J connectivity index is 2.20. The molecule has 3 atom stereocenters. The van der Waals surface area contributed by atoms with E-state index in [1.165, 1.54) is 11.1 Å². The Morgan fingerprint density at radius 2 is 1.77 bits per heavy atom. The molecule has 0 spiro atoms. The molecule has 0 aliphatic rings. The summed E-state index contributed by atoms with van der Waals surface area (Å²) in [7, 11) is 1.81. The Labute approximate surface area is 234 Å². The molecule has 0 radical (unpaired) electrons. The monoisotopic (exact) mass is 558 g/mol. The fourth-order valence-electron chi connectivity index (χ4n) is 5.01. The number of aryl methyl sites for hydroxylation is 1. The Kier molecular flexibility index (Phi) is 10.0. The summed E-state index contributed by atoms with van der Waals surface area (Å²) in [5, 5.41) is 31.0. The number of rotatable bonds is 13. The van der Waals surface area contributed by atoms with Crippen molar-refractivity contribution in [1.29, 1.82) is 0 Å². The van der Waals surface area contributed by atoms with Gasteiger partial charge in [0.1, 0.15) is 34.2 Å². The molecule has 2 amide bonds. The first kappa shape index (κ1) is 30.7. The largest absolute Gasteiger partial charge is 0.492 e. The number of nitrogens with one attached hydrogen (secondary N) is 2. The third kappa shape index (κ3) is 6.49. The van der Waals surface area contributed by atoms with Crippen LogP contribution in [0, 0.1) is 5.41 Å². The third-order valence-electron chi connectivity index (χ3n) is 6.75. The number of nitrogens with zero attached hydrogens (tertiary/aromatic N) is 4. The number of carbonyl (C=O) groups is 2. The van der Waals surface area contributed by atoms with Gasteiger partial charge >= 0.3 is 6.09 Å². The number of H-pyrrole nitrogens is 1. The SMILES string of the molecule is CCCC[C@@H]([C@@H](O)C(=O)Nc1ccn[nH]1)N(C(=O)O)[C@H](c1nc2c(OCC)ccc(OCC)c2n1C)C(C)(C)C. The number of hydrogen-bond donors (Lipinski definition) is 4. The molecule has 0 fully saturated rings. The molecule has 0 saturated carbocycles. The van der Waals surface area contributed by atoms with Gasteiger partial charge in [-0.05, 0) is 37.8 Å². The molecule has 220 valence electrons. The second kappa shape index (κ2) is 13.0. The predicted octanol–water partition coefficient (Wildman–Crippen LogP) is 4.72. The van der Waals surface area contributed by atoms with Gasteiger partial charge in [-0.2, -0.15) is 5.10 Å². The molecule has 3 aromatic rings. The number of ether oxygens (including phenoxy) is 2. The van der Waals surface area contributed by atoms with Crippen LogP contribution in [0.25, 0.3) is 11.0 Å². The van der Waals surface area contributed by atoms with Crippen molar-refractivity contribution in [2.45, 2.75) is 79.0 Å². The minimum atomic E-state index is -1.65. The number of amides is 2. The molecule has 0 bridgehead atoms. The minimum Gasteiger partial charge on any atom is -0.492 e. The lowest BCUT2D eigenvalue weighted by molar-refractivity contribution is -0.128. The maximum Gasteiger partial charge on any atom is 0.408 e. The molecular weight excluding hydrogens is 516 g/mol. The van der Waals surface area contributed by atoms with Crippen molar-refractivity contribution in [3.63, 3.8) is 0 Å². The lowest BCUT2D eigenvalue weighted by atomic mass is 9.83. The number of benzene rings is 1. The number of aromatic nitrogens is 4. The molecule has 4 N–H and O–H groups in total. The first-order valence-corrected chi connectivity index (χ1v) is 13.7. The normalized spacial score (nSPS) is 14.0. The number of aliphatic hydroxyl groups excluding tert-OH is 1. The molecule has 2 aromatic heterocycles. The van der Waals surface area contributed by atoms with E-state index in [-0.39, 0.29) is 6.42 Å². The fraction of sp³-hybridized carbons (Fsp3) is 0.571. The van der Waals surface area contributed by atoms with Crippen molar-refractivity contribution in [3.8, 4) is 11.5 Å². The zero-order valence-electron chi connectivity index (χ0n) is 24.4. The number of carboxylic acid groups (broad SMARTS) is 1. The van der Waals surface area contributed by atoms with Crippen LogP contribution in [0.4, 0.5) is 10.6 Å². The molecule has 40 heavy (non-hydrogen) atoms. The molecule has 12 heteroatoms. The van der Waals surface area contributed by atoms with Crippen LogP contribution in [0.15, 0.2) is 24.4 Å². The summed E-state index contributed by atoms with van der Waals surface area (Å²) >= 11 is 0. The summed E-state index contributed by atoms with van der Waals surface area (Å²) in [6.45, 7) is 12.3. The Hall–Kier alpha value is -3.80. The molecule has 0 aliphatic heterocycles. The van der Waals surface area contributed by atoms with Crippen LogP contribution < -0.4 is 14.8 Å². The fourth-order valence-corrected chi connectivity index (χ4v) is 5.01. The summed E-state index contributed by atoms with van der Waals surface area (Å²) in [6.07, 6.45) is 0.172. The molecule has 0 unspecified atom stereocenters. The van der Waals surface area contributed by atoms with E-state index in [0.29, 0.717) is 53.8 Å². The molecule has 3 rings (SSSR count). The van der Waals surface area contributed by atoms with Gasteiger partial charge in [-0.3, -0.25) is 14.8 Å². The zero-order valence-corrected chi connectivity index (χ0v) is 24.4. The molecule has 0 saturated heterocycles. The van der Waals surface area contributed by atoms with Crippen LogP contribution in [0.2, 0.25) is 0 Å². The summed E-state index contributed by atoms with van der Waals surface area (Å²) in [4.78, 5) is 32.3. The quantitative estimate of drug-likeness (QED) is 0.235. The molecule has 2 heterocycles. The van der Waals surface area contributed by atoms with Crippen LogP contribution in [0.1, 0.15) is 72.7 Å². The number of imidazole rings is 1. The van der Waals surface area contributed by atoms with E-state index < -0.39 is 35.6 Å². The van der Waals surface area contributed by atoms with Gasteiger partial charge in [0.25, 0.3) is 5.91 Å². The van der Waals surface area contributed by atoms with Gasteiger partial charge in [-0.1, -0.05) is 40.5 Å². The maximum absolute atomic E-state index is 13.1. The van der Waals surface area contributed by atoms with Crippen molar-refractivity contribution in [2.75, 3.05) is 18.5 Å². The van der Waals surface area contributed by atoms with Gasteiger partial charge in [0.15, 0.2) is 6.10 Å². The van der Waals surface area contributed by atoms with Crippen LogP contribution in [0.3, 0.4) is 0 Å². The van der Waals surface area contributed by atoms with E-state index in [9.17, 15) is 19.8 Å². The van der Waals surface area contributed by atoms with Gasteiger partial charge in [0, 0.05) is 13.1 Å². The van der Waals surface area contributed by atoms with Gasteiger partial charge < -0.3 is 29.6 Å². The number of unbranched alkanes of at least 4 members (excludes halogenated alkanes) is 1. The summed E-state index contributed by atoms with van der Waals surface area (Å²) < 4.78 is 13.6. The van der Waals surface area contributed by atoms with E-state index in [1.54, 1.807) is 12.1 Å². The Morgan fingerprint density at radius 3 is 2.33 bits per heavy atom. The number of aliphatic hydroxyl groups is 1. The molecule has 0 aliphatic carbocycles. The van der Waals surface area contributed by atoms with Crippen LogP contribution in [-0.2, 0) is 11.8 Å². The van der Waals surface area contributed by atoms with Crippen molar-refractivity contribution in [3.05, 3.63) is 30.2 Å². The second-order valence-electron chi connectivity index (χ2n) is 10.7. The minimum absolute atomic E-state index is 0.269. The summed E-state index contributed by atoms with van der Waals surface area (Å²) in [5.74, 6) is 1.17. The zero-order chi connectivity index (χ0) is 29.6. The topological polar surface area (TPSA) is 155 Å². The number of aromatic amines is 1. The number of anilines is 1. The maximum atomic E-state index is 13.1.